The Morgan fingerprint density at radius 2 is 2.00 bits per heavy atom. The van der Waals surface area contributed by atoms with Crippen LogP contribution in [0.15, 0.2) is 0 Å². The molecule has 3 heteroatoms. The highest BCUT2D eigenvalue weighted by Crippen LogP contribution is 2.24. The molecule has 0 radical (unpaired) electrons. The lowest BCUT2D eigenvalue weighted by molar-refractivity contribution is -0.0800. The first-order valence-electron chi connectivity index (χ1n) is 7.83. The van der Waals surface area contributed by atoms with Crippen LogP contribution in [0.2, 0.25) is 0 Å². The molecule has 18 heavy (non-hydrogen) atoms. The summed E-state index contributed by atoms with van der Waals surface area (Å²) in [6.07, 6.45) is 9.49. The minimum absolute atomic E-state index is 0.271. The molecule has 0 spiro atoms. The van der Waals surface area contributed by atoms with Crippen LogP contribution in [0, 0.1) is 5.92 Å². The van der Waals surface area contributed by atoms with Crippen molar-refractivity contribution in [2.75, 3.05) is 26.4 Å². The van der Waals surface area contributed by atoms with E-state index in [0.717, 1.165) is 38.7 Å². The van der Waals surface area contributed by atoms with Gasteiger partial charge >= 0.3 is 0 Å². The fraction of sp³-hybridized carbons (Fsp3) is 1.00. The summed E-state index contributed by atoms with van der Waals surface area (Å²) in [5, 5.41) is 3.60. The minimum Gasteiger partial charge on any atom is -0.379 e. The van der Waals surface area contributed by atoms with E-state index in [9.17, 15) is 0 Å². The van der Waals surface area contributed by atoms with Crippen molar-refractivity contribution in [1.29, 1.82) is 0 Å². The molecular weight excluding hydrogens is 226 g/mol. The van der Waals surface area contributed by atoms with Crippen LogP contribution in [0.3, 0.4) is 0 Å². The van der Waals surface area contributed by atoms with Gasteiger partial charge in [0, 0.05) is 19.3 Å². The number of rotatable bonds is 6. The molecule has 1 heterocycles. The standard InChI is InChI=1S/C15H29NO2/c1-2-9-16-14-8-10-17-12-15(14)18-11-13-6-4-3-5-7-13/h13-16H,2-12H2,1H3. The maximum Gasteiger partial charge on any atom is 0.0961 e. The van der Waals surface area contributed by atoms with Gasteiger partial charge in [-0.1, -0.05) is 26.2 Å². The largest absolute Gasteiger partial charge is 0.379 e. The Morgan fingerprint density at radius 3 is 2.78 bits per heavy atom. The summed E-state index contributed by atoms with van der Waals surface area (Å²) in [7, 11) is 0. The molecule has 1 saturated carbocycles. The zero-order valence-electron chi connectivity index (χ0n) is 11.8. The molecule has 1 N–H and O–H groups in total. The van der Waals surface area contributed by atoms with Gasteiger partial charge in [-0.2, -0.15) is 0 Å². The van der Waals surface area contributed by atoms with E-state index in [1.54, 1.807) is 0 Å². The lowest BCUT2D eigenvalue weighted by Crippen LogP contribution is -2.48. The summed E-state index contributed by atoms with van der Waals surface area (Å²) < 4.78 is 11.7. The third-order valence-corrected chi connectivity index (χ3v) is 4.23. The van der Waals surface area contributed by atoms with Crippen molar-refractivity contribution in [2.24, 2.45) is 5.92 Å². The van der Waals surface area contributed by atoms with Crippen molar-refractivity contribution < 1.29 is 9.47 Å². The minimum atomic E-state index is 0.271. The van der Waals surface area contributed by atoms with Crippen molar-refractivity contribution >= 4 is 0 Å². The van der Waals surface area contributed by atoms with E-state index >= 15 is 0 Å². The van der Waals surface area contributed by atoms with Gasteiger partial charge in [0.15, 0.2) is 0 Å². The molecular formula is C15H29NO2. The fourth-order valence-corrected chi connectivity index (χ4v) is 3.05. The van der Waals surface area contributed by atoms with Crippen LogP contribution in [0.4, 0.5) is 0 Å². The first kappa shape index (κ1) is 14.3. The summed E-state index contributed by atoms with van der Waals surface area (Å²) in [4.78, 5) is 0. The quantitative estimate of drug-likeness (QED) is 0.791. The first-order chi connectivity index (χ1) is 8.90. The lowest BCUT2D eigenvalue weighted by atomic mass is 9.90. The Labute approximate surface area is 112 Å². The van der Waals surface area contributed by atoms with Gasteiger partial charge in [-0.25, -0.2) is 0 Å². The van der Waals surface area contributed by atoms with E-state index in [0.29, 0.717) is 6.04 Å². The molecule has 0 bridgehead atoms. The Bertz CT molecular complexity index is 217. The van der Waals surface area contributed by atoms with Gasteiger partial charge in [-0.15, -0.1) is 0 Å². The summed E-state index contributed by atoms with van der Waals surface area (Å²) in [5.41, 5.74) is 0. The van der Waals surface area contributed by atoms with Gasteiger partial charge in [0.2, 0.25) is 0 Å². The van der Waals surface area contributed by atoms with Crippen LogP contribution in [-0.2, 0) is 9.47 Å². The van der Waals surface area contributed by atoms with Crippen molar-refractivity contribution in [3.05, 3.63) is 0 Å². The summed E-state index contributed by atoms with van der Waals surface area (Å²) in [6, 6.07) is 0.502. The van der Waals surface area contributed by atoms with Crippen molar-refractivity contribution in [2.45, 2.75) is 64.0 Å². The molecule has 0 aromatic heterocycles. The fourth-order valence-electron chi connectivity index (χ4n) is 3.05. The highest BCUT2D eigenvalue weighted by molar-refractivity contribution is 4.81. The number of hydrogen-bond donors (Lipinski definition) is 1. The topological polar surface area (TPSA) is 30.5 Å². The molecule has 0 aromatic carbocycles. The Hall–Kier alpha value is -0.120. The average molecular weight is 255 g/mol. The number of hydrogen-bond acceptors (Lipinski definition) is 3. The Kier molecular flexibility index (Phi) is 6.46. The maximum atomic E-state index is 6.14. The molecule has 2 rings (SSSR count). The maximum absolute atomic E-state index is 6.14. The van der Waals surface area contributed by atoms with E-state index in [1.807, 2.05) is 0 Å². The first-order valence-corrected chi connectivity index (χ1v) is 7.83. The van der Waals surface area contributed by atoms with Gasteiger partial charge in [-0.05, 0) is 38.1 Å². The summed E-state index contributed by atoms with van der Waals surface area (Å²) in [6.45, 7) is 5.90. The second kappa shape index (κ2) is 8.13. The smallest absolute Gasteiger partial charge is 0.0961 e. The second-order valence-corrected chi connectivity index (χ2v) is 5.80. The number of ether oxygens (including phenoxy) is 2. The summed E-state index contributed by atoms with van der Waals surface area (Å²) in [5.74, 6) is 0.799. The van der Waals surface area contributed by atoms with E-state index in [1.165, 1.54) is 38.5 Å². The van der Waals surface area contributed by atoms with Gasteiger partial charge in [-0.3, -0.25) is 0 Å². The van der Waals surface area contributed by atoms with Crippen molar-refractivity contribution in [3.63, 3.8) is 0 Å². The highest BCUT2D eigenvalue weighted by Gasteiger charge is 2.27. The van der Waals surface area contributed by atoms with Gasteiger partial charge in [0.05, 0.1) is 12.7 Å². The summed E-state index contributed by atoms with van der Waals surface area (Å²) >= 11 is 0. The van der Waals surface area contributed by atoms with E-state index in [4.69, 9.17) is 9.47 Å². The third kappa shape index (κ3) is 4.52. The van der Waals surface area contributed by atoms with Crippen LogP contribution in [0.25, 0.3) is 0 Å². The molecule has 1 aliphatic carbocycles. The third-order valence-electron chi connectivity index (χ3n) is 4.23. The lowest BCUT2D eigenvalue weighted by Gasteiger charge is -2.33. The van der Waals surface area contributed by atoms with E-state index in [2.05, 4.69) is 12.2 Å². The molecule has 106 valence electrons. The molecule has 2 aliphatic rings. The number of nitrogens with one attached hydrogen (secondary N) is 1. The van der Waals surface area contributed by atoms with Crippen molar-refractivity contribution in [3.8, 4) is 0 Å². The van der Waals surface area contributed by atoms with Crippen LogP contribution in [0.5, 0.6) is 0 Å². The molecule has 1 aliphatic heterocycles. The molecule has 1 saturated heterocycles. The molecule has 2 atom stereocenters. The monoisotopic (exact) mass is 255 g/mol. The van der Waals surface area contributed by atoms with Crippen LogP contribution >= 0.6 is 0 Å². The van der Waals surface area contributed by atoms with Crippen LogP contribution in [-0.4, -0.2) is 38.5 Å². The predicted molar refractivity (Wildman–Crippen MR) is 73.8 cm³/mol. The zero-order valence-corrected chi connectivity index (χ0v) is 11.8. The van der Waals surface area contributed by atoms with Crippen LogP contribution < -0.4 is 5.32 Å². The van der Waals surface area contributed by atoms with Crippen molar-refractivity contribution in [1.82, 2.24) is 5.32 Å². The molecule has 0 amide bonds. The van der Waals surface area contributed by atoms with Gasteiger partial charge in [0.25, 0.3) is 0 Å². The highest BCUT2D eigenvalue weighted by atomic mass is 16.5. The Balaban J connectivity index is 1.70. The average Bonchev–Trinajstić information content (AvgIpc) is 2.45. The van der Waals surface area contributed by atoms with E-state index < -0.39 is 0 Å². The predicted octanol–water partition coefficient (Wildman–Crippen LogP) is 2.74. The van der Waals surface area contributed by atoms with Gasteiger partial charge in [0.1, 0.15) is 0 Å². The van der Waals surface area contributed by atoms with E-state index in [-0.39, 0.29) is 6.10 Å². The molecule has 2 unspecified atom stereocenters. The Morgan fingerprint density at radius 1 is 1.17 bits per heavy atom. The van der Waals surface area contributed by atoms with Crippen LogP contribution in [0.1, 0.15) is 51.9 Å². The molecule has 3 nitrogen and oxygen atoms in total. The zero-order chi connectivity index (χ0) is 12.6. The molecule has 2 fully saturated rings. The SMILES string of the molecule is CCCNC1CCOCC1OCC1CCCCC1. The molecule has 0 aromatic rings. The van der Waals surface area contributed by atoms with Gasteiger partial charge < -0.3 is 14.8 Å². The normalized spacial score (nSPS) is 30.5. The second-order valence-electron chi connectivity index (χ2n) is 5.80.